The molecule has 0 aromatic heterocycles. The molecule has 0 bridgehead atoms. The van der Waals surface area contributed by atoms with Gasteiger partial charge in [-0.3, -0.25) is 10.1 Å². The van der Waals surface area contributed by atoms with Crippen LogP contribution in [-0.2, 0) is 14.4 Å². The lowest BCUT2D eigenvalue weighted by atomic mass is 10.0. The molecule has 1 N–H and O–H groups in total. The highest BCUT2D eigenvalue weighted by molar-refractivity contribution is 5.65. The van der Waals surface area contributed by atoms with Crippen molar-refractivity contribution in [1.82, 2.24) is 0 Å². The highest BCUT2D eigenvalue weighted by Gasteiger charge is 2.62. The maximum atomic E-state index is 10.7. The molecule has 0 amide bonds. The second-order valence-corrected chi connectivity index (χ2v) is 5.13. The molecule has 0 heterocycles. The average molecular weight is 228 g/mol. The van der Waals surface area contributed by atoms with Gasteiger partial charge in [0.05, 0.1) is 6.61 Å². The first kappa shape index (κ1) is 13.2. The van der Waals surface area contributed by atoms with Gasteiger partial charge in [0.15, 0.2) is 0 Å². The standard InChI is InChI=1S/C12H20O4/c1-7(2)11(16-14)10-9(12(10,4)5)6-15-8(3)13/h9-11,14H,1,6H2,2-5H3/t9-,10+,11-/m0/s1. The molecule has 0 unspecified atom stereocenters. The van der Waals surface area contributed by atoms with Crippen LogP contribution in [0.5, 0.6) is 0 Å². The predicted octanol–water partition coefficient (Wildman–Crippen LogP) is 2.26. The minimum atomic E-state index is -0.379. The number of carbonyl (C=O) groups excluding carboxylic acids is 1. The molecule has 1 fully saturated rings. The molecule has 0 aromatic rings. The fourth-order valence-corrected chi connectivity index (χ4v) is 2.38. The number of hydrogen-bond acceptors (Lipinski definition) is 4. The first-order chi connectivity index (χ1) is 7.32. The third-order valence-electron chi connectivity index (χ3n) is 3.53. The zero-order valence-electron chi connectivity index (χ0n) is 10.3. The van der Waals surface area contributed by atoms with Gasteiger partial charge < -0.3 is 4.74 Å². The number of esters is 1. The highest BCUT2D eigenvalue weighted by Crippen LogP contribution is 2.61. The van der Waals surface area contributed by atoms with Gasteiger partial charge in [-0.05, 0) is 17.9 Å². The summed E-state index contributed by atoms with van der Waals surface area (Å²) in [6, 6.07) is 0. The van der Waals surface area contributed by atoms with E-state index in [2.05, 4.69) is 25.3 Å². The van der Waals surface area contributed by atoms with E-state index in [1.165, 1.54) is 6.92 Å². The predicted molar refractivity (Wildman–Crippen MR) is 59.7 cm³/mol. The summed E-state index contributed by atoms with van der Waals surface area (Å²) in [5, 5.41) is 8.87. The smallest absolute Gasteiger partial charge is 0.302 e. The Morgan fingerprint density at radius 1 is 1.50 bits per heavy atom. The van der Waals surface area contributed by atoms with E-state index < -0.39 is 0 Å². The zero-order valence-corrected chi connectivity index (χ0v) is 10.3. The molecular formula is C12H20O4. The summed E-state index contributed by atoms with van der Waals surface area (Å²) in [5.41, 5.74) is 0.785. The van der Waals surface area contributed by atoms with E-state index in [0.717, 1.165) is 5.57 Å². The van der Waals surface area contributed by atoms with Crippen LogP contribution in [0.1, 0.15) is 27.7 Å². The lowest BCUT2D eigenvalue weighted by Crippen LogP contribution is -2.18. The average Bonchev–Trinajstić information content (AvgIpc) is 2.66. The fourth-order valence-electron chi connectivity index (χ4n) is 2.38. The van der Waals surface area contributed by atoms with Crippen LogP contribution in [0.25, 0.3) is 0 Å². The van der Waals surface area contributed by atoms with Gasteiger partial charge in [-0.25, -0.2) is 4.89 Å². The third-order valence-corrected chi connectivity index (χ3v) is 3.53. The molecular weight excluding hydrogens is 208 g/mol. The fraction of sp³-hybridized carbons (Fsp3) is 0.750. The normalized spacial score (nSPS) is 28.3. The van der Waals surface area contributed by atoms with Gasteiger partial charge in [-0.2, -0.15) is 0 Å². The molecule has 4 heteroatoms. The van der Waals surface area contributed by atoms with Gasteiger partial charge in [0, 0.05) is 18.8 Å². The van der Waals surface area contributed by atoms with E-state index >= 15 is 0 Å². The molecule has 1 aliphatic rings. The summed E-state index contributed by atoms with van der Waals surface area (Å²) < 4.78 is 5.00. The quantitative estimate of drug-likeness (QED) is 0.339. The Hall–Kier alpha value is -0.870. The van der Waals surface area contributed by atoms with Crippen molar-refractivity contribution in [1.29, 1.82) is 0 Å². The Bertz CT molecular complexity index is 295. The second kappa shape index (κ2) is 4.55. The van der Waals surface area contributed by atoms with Crippen LogP contribution in [0.2, 0.25) is 0 Å². The molecule has 0 saturated heterocycles. The van der Waals surface area contributed by atoms with Gasteiger partial charge in [-0.15, -0.1) is 0 Å². The summed E-state index contributed by atoms with van der Waals surface area (Å²) in [5.74, 6) is 0.0813. The van der Waals surface area contributed by atoms with E-state index in [4.69, 9.17) is 9.99 Å². The monoisotopic (exact) mass is 228 g/mol. The highest BCUT2D eigenvalue weighted by atomic mass is 17.1. The van der Waals surface area contributed by atoms with Crippen molar-refractivity contribution in [3.63, 3.8) is 0 Å². The van der Waals surface area contributed by atoms with Crippen LogP contribution in [0.4, 0.5) is 0 Å². The minimum Gasteiger partial charge on any atom is -0.466 e. The van der Waals surface area contributed by atoms with Crippen LogP contribution < -0.4 is 0 Å². The second-order valence-electron chi connectivity index (χ2n) is 5.13. The molecule has 16 heavy (non-hydrogen) atoms. The van der Waals surface area contributed by atoms with Gasteiger partial charge in [0.2, 0.25) is 0 Å². The first-order valence-electron chi connectivity index (χ1n) is 5.41. The largest absolute Gasteiger partial charge is 0.466 e. The van der Waals surface area contributed by atoms with E-state index in [1.807, 2.05) is 6.92 Å². The molecule has 3 atom stereocenters. The van der Waals surface area contributed by atoms with Crippen molar-refractivity contribution in [2.45, 2.75) is 33.8 Å². The molecule has 0 aromatic carbocycles. The topological polar surface area (TPSA) is 55.8 Å². The maximum absolute atomic E-state index is 10.7. The van der Waals surface area contributed by atoms with Crippen LogP contribution in [0.15, 0.2) is 12.2 Å². The Kier molecular flexibility index (Phi) is 3.76. The number of hydrogen-bond donors (Lipinski definition) is 1. The molecule has 0 aliphatic heterocycles. The van der Waals surface area contributed by atoms with Crippen molar-refractivity contribution in [3.05, 3.63) is 12.2 Å². The van der Waals surface area contributed by atoms with Gasteiger partial charge in [0.1, 0.15) is 6.10 Å². The summed E-state index contributed by atoms with van der Waals surface area (Å²) >= 11 is 0. The van der Waals surface area contributed by atoms with Gasteiger partial charge >= 0.3 is 5.97 Å². The number of carbonyl (C=O) groups is 1. The summed E-state index contributed by atoms with van der Waals surface area (Å²) in [4.78, 5) is 15.2. The van der Waals surface area contributed by atoms with Crippen molar-refractivity contribution in [2.24, 2.45) is 17.3 Å². The molecule has 4 nitrogen and oxygen atoms in total. The van der Waals surface area contributed by atoms with Gasteiger partial charge in [-0.1, -0.05) is 20.4 Å². The Labute approximate surface area is 96.2 Å². The molecule has 1 rings (SSSR count). The lowest BCUT2D eigenvalue weighted by Gasteiger charge is -2.14. The van der Waals surface area contributed by atoms with Crippen molar-refractivity contribution in [3.8, 4) is 0 Å². The van der Waals surface area contributed by atoms with E-state index in [-0.39, 0.29) is 29.3 Å². The molecule has 92 valence electrons. The molecule has 0 spiro atoms. The summed E-state index contributed by atoms with van der Waals surface area (Å²) in [6.45, 7) is 11.5. The molecule has 1 saturated carbocycles. The van der Waals surface area contributed by atoms with Crippen LogP contribution >= 0.6 is 0 Å². The Balaban J connectivity index is 2.62. The number of rotatable bonds is 5. The van der Waals surface area contributed by atoms with E-state index in [0.29, 0.717) is 6.61 Å². The Morgan fingerprint density at radius 2 is 2.06 bits per heavy atom. The summed E-state index contributed by atoms with van der Waals surface area (Å²) in [6.07, 6.45) is -0.379. The molecule has 1 aliphatic carbocycles. The van der Waals surface area contributed by atoms with Crippen LogP contribution in [0.3, 0.4) is 0 Å². The van der Waals surface area contributed by atoms with E-state index in [9.17, 15) is 4.79 Å². The van der Waals surface area contributed by atoms with Crippen molar-refractivity contribution >= 4 is 5.97 Å². The SMILES string of the molecule is C=C(C)[C@H](OO)[C@H]1[C@H](COC(C)=O)C1(C)C. The Morgan fingerprint density at radius 3 is 2.44 bits per heavy atom. The zero-order chi connectivity index (χ0) is 12.5. The van der Waals surface area contributed by atoms with Gasteiger partial charge in [0.25, 0.3) is 0 Å². The molecule has 0 radical (unpaired) electrons. The van der Waals surface area contributed by atoms with Crippen LogP contribution in [0, 0.1) is 17.3 Å². The van der Waals surface area contributed by atoms with Crippen LogP contribution in [-0.4, -0.2) is 23.9 Å². The van der Waals surface area contributed by atoms with Crippen molar-refractivity contribution in [2.75, 3.05) is 6.61 Å². The lowest BCUT2D eigenvalue weighted by molar-refractivity contribution is -0.275. The number of ether oxygens (including phenoxy) is 1. The third kappa shape index (κ3) is 2.44. The maximum Gasteiger partial charge on any atom is 0.302 e. The van der Waals surface area contributed by atoms with Crippen molar-refractivity contribution < 1.29 is 19.7 Å². The van der Waals surface area contributed by atoms with E-state index in [1.54, 1.807) is 0 Å². The minimum absolute atomic E-state index is 0.00178. The summed E-state index contributed by atoms with van der Waals surface area (Å²) in [7, 11) is 0. The first-order valence-corrected chi connectivity index (χ1v) is 5.41.